The Bertz CT molecular complexity index is 20.0. The van der Waals surface area contributed by atoms with Gasteiger partial charge in [-0.05, 0) is 0 Å². The monoisotopic (exact) mass is 55.0 g/mol. The molecule has 4 heavy (non-hydrogen) atoms. The van der Waals surface area contributed by atoms with E-state index in [1.54, 1.807) is 6.82 Å². The van der Waals surface area contributed by atoms with Gasteiger partial charge in [-0.3, -0.25) is 7.28 Å². The Hall–Kier alpha value is -0.265. The van der Waals surface area contributed by atoms with E-state index in [0.717, 1.165) is 6.19 Å². The van der Waals surface area contributed by atoms with Crippen LogP contribution < -0.4 is 0 Å². The quantitative estimate of drug-likeness (QED) is 0.303. The third-order valence-corrected chi connectivity index (χ3v) is 0.136. The Labute approximate surface area is 26.3 Å². The molecule has 0 amide bonds. The molecule has 0 aromatic carbocycles. The summed E-state index contributed by atoms with van der Waals surface area (Å²) in [4.78, 5) is 9.12. The maximum atomic E-state index is 9.12. The SMILES string of the molecule is C[B-]C=O. The highest BCUT2D eigenvalue weighted by Gasteiger charge is 1.30. The van der Waals surface area contributed by atoms with Gasteiger partial charge in [-0.25, -0.2) is 6.82 Å². The topological polar surface area (TPSA) is 17.1 Å². The lowest BCUT2D eigenvalue weighted by atomic mass is 9.86. The minimum Gasteiger partial charge on any atom is -0.356 e. The van der Waals surface area contributed by atoms with Gasteiger partial charge in [-0.2, -0.15) is 0 Å². The second kappa shape index (κ2) is 2.73. The number of rotatable bonds is 1. The summed E-state index contributed by atoms with van der Waals surface area (Å²) in [5.41, 5.74) is 0. The molecule has 0 unspecified atom stereocenters. The van der Waals surface area contributed by atoms with Crippen LogP contribution in [0.25, 0.3) is 0 Å². The third kappa shape index (κ3) is 1.73. The molecular formula is C2H4BO-. The van der Waals surface area contributed by atoms with Gasteiger partial charge in [0.15, 0.2) is 0 Å². The fourth-order valence-electron chi connectivity index (χ4n) is 0. The summed E-state index contributed by atoms with van der Waals surface area (Å²) in [5.74, 6) is 0. The zero-order chi connectivity index (χ0) is 3.41. The maximum absolute atomic E-state index is 9.12. The molecule has 22 valence electrons. The molecule has 0 spiro atoms. The van der Waals surface area contributed by atoms with Crippen molar-refractivity contribution in [1.82, 2.24) is 0 Å². The Kier molecular flexibility index (Phi) is 2.55. The first-order valence-corrected chi connectivity index (χ1v) is 1.15. The lowest BCUT2D eigenvalue weighted by Gasteiger charge is -1.73. The molecule has 1 nitrogen and oxygen atoms in total. The van der Waals surface area contributed by atoms with Crippen LogP contribution in [0.3, 0.4) is 0 Å². The Morgan fingerprint density at radius 1 is 2.00 bits per heavy atom. The number of carbonyl (C=O) groups is 1. The van der Waals surface area contributed by atoms with E-state index in [0.29, 0.717) is 0 Å². The van der Waals surface area contributed by atoms with Crippen LogP contribution in [-0.4, -0.2) is 13.5 Å². The standard InChI is InChI=1S/C2H4BO/c1-3-2-4/h2H,1H3/q-1. The molecule has 0 N–H and O–H groups in total. The summed E-state index contributed by atoms with van der Waals surface area (Å²) in [5, 5.41) is 0. The van der Waals surface area contributed by atoms with Crippen LogP contribution in [-0.2, 0) is 4.79 Å². The van der Waals surface area contributed by atoms with Crippen LogP contribution in [0.1, 0.15) is 0 Å². The van der Waals surface area contributed by atoms with Gasteiger partial charge < -0.3 is 4.79 Å². The van der Waals surface area contributed by atoms with Crippen molar-refractivity contribution in [2.45, 2.75) is 6.82 Å². The zero-order valence-corrected chi connectivity index (χ0v) is 2.56. The third-order valence-electron chi connectivity index (χ3n) is 0.136. The van der Waals surface area contributed by atoms with Crippen molar-refractivity contribution in [1.29, 1.82) is 0 Å². The summed E-state index contributed by atoms with van der Waals surface area (Å²) in [6.07, 6.45) is 0.750. The van der Waals surface area contributed by atoms with E-state index >= 15 is 0 Å². The number of hydrogen-bond donors (Lipinski definition) is 0. The second-order valence-corrected chi connectivity index (χ2v) is 0.469. The van der Waals surface area contributed by atoms with Crippen molar-refractivity contribution in [3.05, 3.63) is 0 Å². The Morgan fingerprint density at radius 2 is 2.25 bits per heavy atom. The first kappa shape index (κ1) is 3.73. The van der Waals surface area contributed by atoms with Crippen LogP contribution in [0.15, 0.2) is 0 Å². The molecular weight excluding hydrogens is 50.8 g/mol. The first-order valence-electron chi connectivity index (χ1n) is 1.15. The highest BCUT2D eigenvalue weighted by Crippen LogP contribution is 1.32. The molecule has 0 aromatic heterocycles. The maximum Gasteiger partial charge on any atom is -0.118 e. The van der Waals surface area contributed by atoms with Gasteiger partial charge in [0.1, 0.15) is 0 Å². The van der Waals surface area contributed by atoms with Gasteiger partial charge in [-0.1, -0.05) is 0 Å². The molecule has 0 aliphatic carbocycles. The molecule has 0 atom stereocenters. The van der Waals surface area contributed by atoms with E-state index in [4.69, 9.17) is 4.79 Å². The van der Waals surface area contributed by atoms with E-state index < -0.39 is 0 Å². The molecule has 2 radical (unpaired) electrons. The van der Waals surface area contributed by atoms with E-state index in [1.165, 1.54) is 7.28 Å². The van der Waals surface area contributed by atoms with Gasteiger partial charge in [0, 0.05) is 0 Å². The molecule has 0 rings (SSSR count). The molecule has 0 fully saturated rings. The van der Waals surface area contributed by atoms with Crippen LogP contribution in [0.5, 0.6) is 0 Å². The van der Waals surface area contributed by atoms with Crippen LogP contribution in [0.2, 0.25) is 6.82 Å². The fraction of sp³-hybridized carbons (Fsp3) is 0.500. The van der Waals surface area contributed by atoms with Crippen LogP contribution in [0.4, 0.5) is 0 Å². The number of hydrogen-bond acceptors (Lipinski definition) is 1. The van der Waals surface area contributed by atoms with Crippen LogP contribution >= 0.6 is 0 Å². The lowest BCUT2D eigenvalue weighted by Crippen LogP contribution is -1.75. The van der Waals surface area contributed by atoms with E-state index in [1.807, 2.05) is 0 Å². The smallest absolute Gasteiger partial charge is 0.118 e. The van der Waals surface area contributed by atoms with E-state index in [-0.39, 0.29) is 0 Å². The van der Waals surface area contributed by atoms with Gasteiger partial charge >= 0.3 is 0 Å². The van der Waals surface area contributed by atoms with E-state index in [2.05, 4.69) is 0 Å². The van der Waals surface area contributed by atoms with Crippen molar-refractivity contribution in [3.8, 4) is 0 Å². The van der Waals surface area contributed by atoms with Crippen LogP contribution in [0, 0.1) is 0 Å². The van der Waals surface area contributed by atoms with Crippen molar-refractivity contribution < 1.29 is 4.79 Å². The van der Waals surface area contributed by atoms with Gasteiger partial charge in [-0.15, -0.1) is 6.19 Å². The Balaban J connectivity index is 2.30. The zero-order valence-electron chi connectivity index (χ0n) is 2.56. The highest BCUT2D eigenvalue weighted by atomic mass is 16.1. The van der Waals surface area contributed by atoms with Gasteiger partial charge in [0.05, 0.1) is 0 Å². The van der Waals surface area contributed by atoms with Crippen molar-refractivity contribution in [3.63, 3.8) is 0 Å². The molecule has 0 aromatic rings. The Morgan fingerprint density at radius 3 is 2.25 bits per heavy atom. The molecule has 0 saturated heterocycles. The summed E-state index contributed by atoms with van der Waals surface area (Å²) >= 11 is 0. The average Bonchev–Trinajstić information content (AvgIpc) is 1.37. The minimum absolute atomic E-state index is 0.750. The van der Waals surface area contributed by atoms with Gasteiger partial charge in [0.2, 0.25) is 0 Å². The highest BCUT2D eigenvalue weighted by molar-refractivity contribution is 6.65. The summed E-state index contributed by atoms with van der Waals surface area (Å²) < 4.78 is 0. The van der Waals surface area contributed by atoms with Gasteiger partial charge in [0.25, 0.3) is 0 Å². The summed E-state index contributed by atoms with van der Waals surface area (Å²) in [6.45, 7) is 1.69. The van der Waals surface area contributed by atoms with Crippen molar-refractivity contribution in [2.75, 3.05) is 0 Å². The molecule has 0 bridgehead atoms. The molecule has 0 saturated carbocycles. The predicted molar refractivity (Wildman–Crippen MR) is 18.4 cm³/mol. The number of carbonyl (C=O) groups excluding carboxylic acids is 1. The molecule has 0 aliphatic heterocycles. The second-order valence-electron chi connectivity index (χ2n) is 0.469. The summed E-state index contributed by atoms with van der Waals surface area (Å²) in [6, 6.07) is 0. The predicted octanol–water partition coefficient (Wildman–Crippen LogP) is -0.0711. The summed E-state index contributed by atoms with van der Waals surface area (Å²) in [7, 11) is 1.44. The van der Waals surface area contributed by atoms with Crippen molar-refractivity contribution >= 4 is 13.5 Å². The van der Waals surface area contributed by atoms with E-state index in [9.17, 15) is 0 Å². The lowest BCUT2D eigenvalue weighted by molar-refractivity contribution is 0.568. The first-order chi connectivity index (χ1) is 1.91. The van der Waals surface area contributed by atoms with Crippen molar-refractivity contribution in [2.24, 2.45) is 0 Å². The largest absolute Gasteiger partial charge is 0.356 e. The fourth-order valence-corrected chi connectivity index (χ4v) is 0. The minimum atomic E-state index is 0.750. The molecule has 0 heterocycles. The average molecular weight is 54.9 g/mol. The molecule has 2 heteroatoms. The normalized spacial score (nSPS) is 6.25. The molecule has 0 aliphatic rings.